The summed E-state index contributed by atoms with van der Waals surface area (Å²) in [4.78, 5) is 0. The molecule has 1 saturated carbocycles. The van der Waals surface area contributed by atoms with Gasteiger partial charge in [0, 0.05) is 12.6 Å². The summed E-state index contributed by atoms with van der Waals surface area (Å²) in [6.45, 7) is 5.33. The molecule has 1 saturated heterocycles. The van der Waals surface area contributed by atoms with Crippen molar-refractivity contribution in [2.24, 2.45) is 11.3 Å². The molecule has 1 heterocycles. The number of hydrogen-bond acceptors (Lipinski definition) is 3. The van der Waals surface area contributed by atoms with Crippen molar-refractivity contribution in [1.82, 2.24) is 5.32 Å². The van der Waals surface area contributed by atoms with Crippen molar-refractivity contribution in [3.63, 3.8) is 0 Å². The van der Waals surface area contributed by atoms with E-state index in [0.29, 0.717) is 23.5 Å². The molecule has 2 fully saturated rings. The molecule has 4 heteroatoms. The van der Waals surface area contributed by atoms with Crippen LogP contribution in [0.2, 0.25) is 0 Å². The van der Waals surface area contributed by atoms with Crippen LogP contribution in [0, 0.1) is 11.3 Å². The van der Waals surface area contributed by atoms with Gasteiger partial charge in [-0.1, -0.05) is 20.3 Å². The van der Waals surface area contributed by atoms with Crippen molar-refractivity contribution in [2.45, 2.75) is 52.0 Å². The third kappa shape index (κ3) is 3.68. The van der Waals surface area contributed by atoms with Gasteiger partial charge in [0.05, 0.1) is 11.5 Å². The average molecular weight is 259 g/mol. The highest BCUT2D eigenvalue weighted by atomic mass is 32.2. The second kappa shape index (κ2) is 4.88. The van der Waals surface area contributed by atoms with Gasteiger partial charge in [-0.25, -0.2) is 8.42 Å². The Labute approximate surface area is 105 Å². The lowest BCUT2D eigenvalue weighted by atomic mass is 9.78. The largest absolute Gasteiger partial charge is 0.313 e. The molecule has 0 aromatic carbocycles. The third-order valence-corrected chi connectivity index (χ3v) is 6.17. The molecule has 1 N–H and O–H groups in total. The van der Waals surface area contributed by atoms with Crippen LogP contribution in [0.25, 0.3) is 0 Å². The first kappa shape index (κ1) is 13.3. The minimum Gasteiger partial charge on any atom is -0.313 e. The Hall–Kier alpha value is -0.0900. The van der Waals surface area contributed by atoms with Crippen molar-refractivity contribution in [3.8, 4) is 0 Å². The maximum atomic E-state index is 11.7. The third-order valence-electron chi connectivity index (χ3n) is 4.29. The molecule has 3 nitrogen and oxygen atoms in total. The molecule has 2 aliphatic rings. The monoisotopic (exact) mass is 259 g/mol. The molecule has 17 heavy (non-hydrogen) atoms. The van der Waals surface area contributed by atoms with Gasteiger partial charge >= 0.3 is 0 Å². The van der Waals surface area contributed by atoms with Crippen LogP contribution >= 0.6 is 0 Å². The topological polar surface area (TPSA) is 46.2 Å². The fourth-order valence-electron chi connectivity index (χ4n) is 2.89. The zero-order valence-electron chi connectivity index (χ0n) is 11.0. The summed E-state index contributed by atoms with van der Waals surface area (Å²) in [5.41, 5.74) is 0.0247. The van der Waals surface area contributed by atoms with Crippen LogP contribution in [0.4, 0.5) is 0 Å². The first-order valence-corrected chi connectivity index (χ1v) is 8.71. The fraction of sp³-hybridized carbons (Fsp3) is 1.00. The number of hydrogen-bond donors (Lipinski definition) is 1. The summed E-state index contributed by atoms with van der Waals surface area (Å²) in [6, 6.07) is 0.673. The molecule has 0 aromatic rings. The maximum absolute atomic E-state index is 11.7. The predicted octanol–water partition coefficient (Wildman–Crippen LogP) is 1.98. The molecule has 2 atom stereocenters. The Morgan fingerprint density at radius 3 is 2.59 bits per heavy atom. The second-order valence-electron chi connectivity index (χ2n) is 6.21. The standard InChI is InChI=1S/C13H25NO2S/c1-3-11(2)8-13(9-14-12-4-5-12)6-7-17(15,16)10-13/h11-12,14H,3-10H2,1-2H3. The van der Waals surface area contributed by atoms with Gasteiger partial charge < -0.3 is 5.32 Å². The van der Waals surface area contributed by atoms with E-state index < -0.39 is 9.84 Å². The Morgan fingerprint density at radius 1 is 1.41 bits per heavy atom. The van der Waals surface area contributed by atoms with E-state index in [2.05, 4.69) is 19.2 Å². The van der Waals surface area contributed by atoms with Crippen molar-refractivity contribution in [1.29, 1.82) is 0 Å². The van der Waals surface area contributed by atoms with E-state index in [4.69, 9.17) is 0 Å². The normalized spacial score (nSPS) is 33.8. The summed E-state index contributed by atoms with van der Waals surface area (Å²) in [7, 11) is -2.78. The minimum absolute atomic E-state index is 0.0247. The molecule has 0 aromatic heterocycles. The van der Waals surface area contributed by atoms with E-state index in [1.165, 1.54) is 12.8 Å². The zero-order chi connectivity index (χ0) is 12.5. The van der Waals surface area contributed by atoms with E-state index >= 15 is 0 Å². The van der Waals surface area contributed by atoms with E-state index in [9.17, 15) is 8.42 Å². The lowest BCUT2D eigenvalue weighted by Gasteiger charge is -2.31. The SMILES string of the molecule is CCC(C)CC1(CNC2CC2)CCS(=O)(=O)C1. The summed E-state index contributed by atoms with van der Waals surface area (Å²) in [6.07, 6.45) is 5.60. The molecular weight excluding hydrogens is 234 g/mol. The van der Waals surface area contributed by atoms with Crippen molar-refractivity contribution in [3.05, 3.63) is 0 Å². The second-order valence-corrected chi connectivity index (χ2v) is 8.40. The number of sulfone groups is 1. The molecule has 100 valence electrons. The van der Waals surface area contributed by atoms with Gasteiger partial charge in [-0.3, -0.25) is 0 Å². The van der Waals surface area contributed by atoms with Crippen molar-refractivity contribution < 1.29 is 8.42 Å². The average Bonchev–Trinajstić information content (AvgIpc) is 3.03. The van der Waals surface area contributed by atoms with Crippen LogP contribution in [-0.4, -0.2) is 32.5 Å². The Kier molecular flexibility index (Phi) is 3.83. The number of nitrogens with one attached hydrogen (secondary N) is 1. The molecule has 0 amide bonds. The van der Waals surface area contributed by atoms with Gasteiger partial charge in [0.2, 0.25) is 0 Å². The molecule has 0 bridgehead atoms. The summed E-state index contributed by atoms with van der Waals surface area (Å²) < 4.78 is 23.5. The molecule has 0 spiro atoms. The smallest absolute Gasteiger partial charge is 0.150 e. The maximum Gasteiger partial charge on any atom is 0.150 e. The van der Waals surface area contributed by atoms with E-state index in [1.807, 2.05) is 0 Å². The number of rotatable bonds is 6. The van der Waals surface area contributed by atoms with Gasteiger partial charge in [0.25, 0.3) is 0 Å². The molecule has 0 radical (unpaired) electrons. The summed E-state index contributed by atoms with van der Waals surface area (Å²) >= 11 is 0. The van der Waals surface area contributed by atoms with Gasteiger partial charge in [-0.05, 0) is 37.0 Å². The molecule has 2 rings (SSSR count). The van der Waals surface area contributed by atoms with Crippen LogP contribution in [0.15, 0.2) is 0 Å². The van der Waals surface area contributed by atoms with Gasteiger partial charge in [-0.2, -0.15) is 0 Å². The Bertz CT molecular complexity index is 362. The lowest BCUT2D eigenvalue weighted by molar-refractivity contribution is 0.240. The van der Waals surface area contributed by atoms with Crippen molar-refractivity contribution >= 4 is 9.84 Å². The van der Waals surface area contributed by atoms with Crippen LogP contribution in [0.1, 0.15) is 46.0 Å². The van der Waals surface area contributed by atoms with Gasteiger partial charge in [0.15, 0.2) is 9.84 Å². The van der Waals surface area contributed by atoms with Crippen LogP contribution < -0.4 is 5.32 Å². The minimum atomic E-state index is -2.78. The Morgan fingerprint density at radius 2 is 2.12 bits per heavy atom. The zero-order valence-corrected chi connectivity index (χ0v) is 11.9. The molecule has 1 aliphatic heterocycles. The first-order chi connectivity index (χ1) is 7.95. The highest BCUT2D eigenvalue weighted by Gasteiger charge is 2.43. The highest BCUT2D eigenvalue weighted by Crippen LogP contribution is 2.39. The summed E-state index contributed by atoms with van der Waals surface area (Å²) in [5.74, 6) is 1.43. The lowest BCUT2D eigenvalue weighted by Crippen LogP contribution is -2.37. The van der Waals surface area contributed by atoms with Gasteiger partial charge in [-0.15, -0.1) is 0 Å². The van der Waals surface area contributed by atoms with E-state index in [1.54, 1.807) is 0 Å². The molecule has 1 aliphatic carbocycles. The van der Waals surface area contributed by atoms with Crippen LogP contribution in [0.5, 0.6) is 0 Å². The van der Waals surface area contributed by atoms with Crippen LogP contribution in [-0.2, 0) is 9.84 Å². The molecule has 2 unspecified atom stereocenters. The molecular formula is C13H25NO2S. The fourth-order valence-corrected chi connectivity index (χ4v) is 5.07. The van der Waals surface area contributed by atoms with Crippen molar-refractivity contribution in [2.75, 3.05) is 18.1 Å². The summed E-state index contributed by atoms with van der Waals surface area (Å²) in [5, 5.41) is 3.54. The van der Waals surface area contributed by atoms with Gasteiger partial charge in [0.1, 0.15) is 0 Å². The quantitative estimate of drug-likeness (QED) is 0.793. The predicted molar refractivity (Wildman–Crippen MR) is 70.8 cm³/mol. The highest BCUT2D eigenvalue weighted by molar-refractivity contribution is 7.91. The van der Waals surface area contributed by atoms with E-state index in [-0.39, 0.29) is 5.41 Å². The van der Waals surface area contributed by atoms with E-state index in [0.717, 1.165) is 25.8 Å². The van der Waals surface area contributed by atoms with Crippen LogP contribution in [0.3, 0.4) is 0 Å². The first-order valence-electron chi connectivity index (χ1n) is 6.88. The Balaban J connectivity index is 1.99.